The van der Waals surface area contributed by atoms with Crippen LogP contribution in [0.2, 0.25) is 0 Å². The van der Waals surface area contributed by atoms with Crippen LogP contribution < -0.4 is 10.6 Å². The van der Waals surface area contributed by atoms with Gasteiger partial charge in [-0.15, -0.1) is 0 Å². The van der Waals surface area contributed by atoms with Crippen molar-refractivity contribution < 1.29 is 24.3 Å². The number of carbonyl (C=O) groups excluding carboxylic acids is 3. The first-order chi connectivity index (χ1) is 9.45. The molecule has 0 aromatic heterocycles. The highest BCUT2D eigenvalue weighted by Gasteiger charge is 2.33. The van der Waals surface area contributed by atoms with Crippen molar-refractivity contribution >= 4 is 40.5 Å². The lowest BCUT2D eigenvalue weighted by molar-refractivity contribution is -0.122. The highest BCUT2D eigenvalue weighted by molar-refractivity contribution is 8.15. The number of carboxylic acids is 1. The maximum atomic E-state index is 11.7. The summed E-state index contributed by atoms with van der Waals surface area (Å²) >= 11 is 0.781. The predicted octanol–water partition coefficient (Wildman–Crippen LogP) is 1.06. The Balaban J connectivity index is 1.93. The van der Waals surface area contributed by atoms with Gasteiger partial charge in [-0.3, -0.25) is 19.7 Å². The number of rotatable bonds is 4. The number of nitrogens with one attached hydrogen (secondary N) is 2. The van der Waals surface area contributed by atoms with E-state index in [0.717, 1.165) is 11.8 Å². The van der Waals surface area contributed by atoms with Gasteiger partial charge in [0.1, 0.15) is 5.25 Å². The average Bonchev–Trinajstić information content (AvgIpc) is 2.68. The highest BCUT2D eigenvalue weighted by Crippen LogP contribution is 2.22. The lowest BCUT2D eigenvalue weighted by Gasteiger charge is -2.07. The van der Waals surface area contributed by atoms with Gasteiger partial charge in [0.25, 0.3) is 5.24 Å². The number of amides is 3. The fraction of sp³-hybridized carbons (Fsp3) is 0.167. The molecular weight excluding hydrogens is 284 g/mol. The van der Waals surface area contributed by atoms with Crippen LogP contribution in [0.15, 0.2) is 24.3 Å². The summed E-state index contributed by atoms with van der Waals surface area (Å²) in [6.45, 7) is 0. The zero-order valence-electron chi connectivity index (χ0n) is 10.1. The number of thioether (sulfide) groups is 1. The lowest BCUT2D eigenvalue weighted by Crippen LogP contribution is -2.27. The number of benzene rings is 1. The molecule has 1 aliphatic rings. The smallest absolute Gasteiger partial charge is 0.335 e. The summed E-state index contributed by atoms with van der Waals surface area (Å²) in [5.74, 6) is -1.95. The van der Waals surface area contributed by atoms with E-state index in [2.05, 4.69) is 10.6 Å². The van der Waals surface area contributed by atoms with Gasteiger partial charge >= 0.3 is 5.97 Å². The lowest BCUT2D eigenvalue weighted by atomic mass is 10.2. The second kappa shape index (κ2) is 5.74. The Hall–Kier alpha value is -2.35. The van der Waals surface area contributed by atoms with Gasteiger partial charge in [-0.1, -0.05) is 11.8 Å². The molecule has 20 heavy (non-hydrogen) atoms. The standard InChI is InChI=1S/C12H10N2O5S/c15-9(5-8-10(16)14-12(19)20-8)13-7-3-1-6(2-4-7)11(17)18/h1-4,8H,5H2,(H,13,15)(H,17,18)(H,14,16,19)/t8-/m0/s1. The van der Waals surface area contributed by atoms with Crippen LogP contribution in [0.1, 0.15) is 16.8 Å². The SMILES string of the molecule is O=C(C[C@@H]1SC(=O)NC1=O)Nc1ccc(C(=O)O)cc1. The largest absolute Gasteiger partial charge is 0.478 e. The first-order valence-corrected chi connectivity index (χ1v) is 6.48. The fourth-order valence-electron chi connectivity index (χ4n) is 1.60. The van der Waals surface area contributed by atoms with Crippen LogP contribution in [0.3, 0.4) is 0 Å². The topological polar surface area (TPSA) is 113 Å². The summed E-state index contributed by atoms with van der Waals surface area (Å²) in [6, 6.07) is 5.62. The molecule has 104 valence electrons. The van der Waals surface area contributed by atoms with Gasteiger partial charge in [0.05, 0.1) is 5.56 Å². The number of carboxylic acid groups (broad SMARTS) is 1. The summed E-state index contributed by atoms with van der Waals surface area (Å²) in [4.78, 5) is 44.6. The zero-order valence-corrected chi connectivity index (χ0v) is 10.9. The van der Waals surface area contributed by atoms with E-state index in [9.17, 15) is 19.2 Å². The summed E-state index contributed by atoms with van der Waals surface area (Å²) < 4.78 is 0. The van der Waals surface area contributed by atoms with Crippen molar-refractivity contribution in [2.45, 2.75) is 11.7 Å². The molecule has 1 aromatic rings. The van der Waals surface area contributed by atoms with E-state index in [1.165, 1.54) is 24.3 Å². The molecule has 1 fully saturated rings. The molecule has 1 aliphatic heterocycles. The minimum atomic E-state index is -1.06. The second-order valence-corrected chi connectivity index (χ2v) is 5.19. The zero-order chi connectivity index (χ0) is 14.7. The molecule has 0 bridgehead atoms. The van der Waals surface area contributed by atoms with Crippen molar-refractivity contribution in [2.75, 3.05) is 5.32 Å². The number of imide groups is 1. The maximum Gasteiger partial charge on any atom is 0.335 e. The van der Waals surface area contributed by atoms with E-state index in [0.29, 0.717) is 5.69 Å². The predicted molar refractivity (Wildman–Crippen MR) is 71.6 cm³/mol. The Bertz CT molecular complexity index is 584. The molecule has 2 rings (SSSR count). The van der Waals surface area contributed by atoms with Crippen LogP contribution in [-0.2, 0) is 9.59 Å². The molecule has 1 atom stereocenters. The fourth-order valence-corrected chi connectivity index (χ4v) is 2.42. The molecule has 0 unspecified atom stereocenters. The van der Waals surface area contributed by atoms with Gasteiger partial charge in [-0.2, -0.15) is 0 Å². The van der Waals surface area contributed by atoms with Gasteiger partial charge in [-0.25, -0.2) is 4.79 Å². The van der Waals surface area contributed by atoms with Crippen LogP contribution in [0.5, 0.6) is 0 Å². The molecule has 3 amide bonds. The van der Waals surface area contributed by atoms with Crippen LogP contribution >= 0.6 is 11.8 Å². The van der Waals surface area contributed by atoms with E-state index in [1.807, 2.05) is 0 Å². The van der Waals surface area contributed by atoms with Crippen LogP contribution in [0.4, 0.5) is 10.5 Å². The number of aromatic carboxylic acids is 1. The molecule has 0 radical (unpaired) electrons. The van der Waals surface area contributed by atoms with E-state index in [4.69, 9.17) is 5.11 Å². The van der Waals surface area contributed by atoms with Crippen molar-refractivity contribution in [3.63, 3.8) is 0 Å². The summed E-state index contributed by atoms with van der Waals surface area (Å²) in [5, 5.41) is 12.2. The Labute approximate surface area is 117 Å². The first kappa shape index (κ1) is 14.1. The maximum absolute atomic E-state index is 11.7. The molecule has 7 nitrogen and oxygen atoms in total. The number of hydrogen-bond acceptors (Lipinski definition) is 5. The monoisotopic (exact) mass is 294 g/mol. The van der Waals surface area contributed by atoms with Gasteiger partial charge in [-0.05, 0) is 24.3 Å². The molecule has 3 N–H and O–H groups in total. The minimum Gasteiger partial charge on any atom is -0.478 e. The molecule has 1 heterocycles. The van der Waals surface area contributed by atoms with Crippen molar-refractivity contribution in [2.24, 2.45) is 0 Å². The highest BCUT2D eigenvalue weighted by atomic mass is 32.2. The number of anilines is 1. The van der Waals surface area contributed by atoms with Crippen molar-refractivity contribution in [1.82, 2.24) is 5.32 Å². The Morgan fingerprint density at radius 1 is 1.25 bits per heavy atom. The van der Waals surface area contributed by atoms with Crippen LogP contribution in [0, 0.1) is 0 Å². The molecule has 1 saturated heterocycles. The third-order valence-corrected chi connectivity index (χ3v) is 3.53. The number of carbonyl (C=O) groups is 4. The van der Waals surface area contributed by atoms with Gasteiger partial charge < -0.3 is 10.4 Å². The third kappa shape index (κ3) is 3.35. The average molecular weight is 294 g/mol. The van der Waals surface area contributed by atoms with Gasteiger partial charge in [0, 0.05) is 12.1 Å². The molecule has 0 saturated carbocycles. The molecule has 0 spiro atoms. The summed E-state index contributed by atoms with van der Waals surface area (Å²) in [7, 11) is 0. The van der Waals surface area contributed by atoms with E-state index in [1.54, 1.807) is 0 Å². The van der Waals surface area contributed by atoms with Gasteiger partial charge in [0.15, 0.2) is 0 Å². The van der Waals surface area contributed by atoms with E-state index >= 15 is 0 Å². The molecular formula is C12H10N2O5S. The van der Waals surface area contributed by atoms with E-state index < -0.39 is 28.3 Å². The first-order valence-electron chi connectivity index (χ1n) is 5.60. The molecule has 8 heteroatoms. The number of hydrogen-bond donors (Lipinski definition) is 3. The summed E-state index contributed by atoms with van der Waals surface area (Å²) in [6.07, 6.45) is -0.122. The minimum absolute atomic E-state index is 0.110. The Kier molecular flexibility index (Phi) is 4.04. The van der Waals surface area contributed by atoms with Crippen LogP contribution in [0.25, 0.3) is 0 Å². The Morgan fingerprint density at radius 3 is 2.40 bits per heavy atom. The molecule has 1 aromatic carbocycles. The van der Waals surface area contributed by atoms with E-state index in [-0.39, 0.29) is 12.0 Å². The quantitative estimate of drug-likeness (QED) is 0.765. The second-order valence-electron chi connectivity index (χ2n) is 4.02. The van der Waals surface area contributed by atoms with Crippen molar-refractivity contribution in [1.29, 1.82) is 0 Å². The summed E-state index contributed by atoms with van der Waals surface area (Å²) in [5.41, 5.74) is 0.536. The van der Waals surface area contributed by atoms with Gasteiger partial charge in [0.2, 0.25) is 11.8 Å². The molecule has 0 aliphatic carbocycles. The van der Waals surface area contributed by atoms with Crippen LogP contribution in [-0.4, -0.2) is 33.4 Å². The van der Waals surface area contributed by atoms with Crippen molar-refractivity contribution in [3.8, 4) is 0 Å². The normalized spacial score (nSPS) is 17.7. The third-order valence-electron chi connectivity index (χ3n) is 2.55. The van der Waals surface area contributed by atoms with Crippen molar-refractivity contribution in [3.05, 3.63) is 29.8 Å². The Morgan fingerprint density at radius 2 is 1.90 bits per heavy atom.